The zero-order valence-electron chi connectivity index (χ0n) is 6.39. The van der Waals surface area contributed by atoms with Gasteiger partial charge in [0.1, 0.15) is 6.29 Å². The largest absolute Gasteiger partial charge is 0.478 e. The van der Waals surface area contributed by atoms with E-state index in [1.54, 1.807) is 0 Å². The fraction of sp³-hybridized carbons (Fsp3) is 0.143. The summed E-state index contributed by atoms with van der Waals surface area (Å²) >= 11 is 0. The highest BCUT2D eigenvalue weighted by atomic mass is 16.4. The maximum atomic E-state index is 10.5. The highest BCUT2D eigenvalue weighted by Crippen LogP contribution is 1.99. The Kier molecular flexibility index (Phi) is 4.08. The third kappa shape index (κ3) is 3.80. The average Bonchev–Trinajstić information content (AvgIpc) is 2.03. The van der Waals surface area contributed by atoms with Crippen molar-refractivity contribution in [2.24, 2.45) is 0 Å². The molecule has 0 saturated carbocycles. The molecule has 0 bridgehead atoms. The van der Waals surface area contributed by atoms with Gasteiger partial charge in [-0.1, -0.05) is 0 Å². The number of hydrogen-bond acceptors (Lipinski definition) is 4. The Hall–Kier alpha value is -1.98. The van der Waals surface area contributed by atoms with E-state index in [0.717, 1.165) is 0 Å². The van der Waals surface area contributed by atoms with Crippen LogP contribution in [0.25, 0.3) is 0 Å². The predicted molar refractivity (Wildman–Crippen MR) is 39.0 cm³/mol. The van der Waals surface area contributed by atoms with E-state index in [1.165, 1.54) is 0 Å². The zero-order valence-corrected chi connectivity index (χ0v) is 6.39. The summed E-state index contributed by atoms with van der Waals surface area (Å²) in [4.78, 5) is 40.6. The average molecular weight is 186 g/mol. The van der Waals surface area contributed by atoms with Gasteiger partial charge in [-0.05, 0) is 0 Å². The van der Waals surface area contributed by atoms with E-state index in [4.69, 9.17) is 10.2 Å². The summed E-state index contributed by atoms with van der Waals surface area (Å²) in [5, 5.41) is 16.5. The van der Waals surface area contributed by atoms with Crippen LogP contribution >= 0.6 is 0 Å². The van der Waals surface area contributed by atoms with Crippen LogP contribution in [0.1, 0.15) is 6.42 Å². The molecule has 0 aliphatic carbocycles. The molecule has 6 nitrogen and oxygen atoms in total. The van der Waals surface area contributed by atoms with Gasteiger partial charge in [-0.3, -0.25) is 4.79 Å². The van der Waals surface area contributed by atoms with Crippen LogP contribution in [0.15, 0.2) is 11.6 Å². The molecule has 0 aromatic rings. The molecule has 0 spiro atoms. The minimum absolute atomic E-state index is 0.273. The van der Waals surface area contributed by atoms with Crippen molar-refractivity contribution in [1.82, 2.24) is 0 Å². The third-order valence-corrected chi connectivity index (χ3v) is 1.09. The van der Waals surface area contributed by atoms with Crippen LogP contribution in [0.5, 0.6) is 0 Å². The van der Waals surface area contributed by atoms with E-state index in [9.17, 15) is 19.2 Å². The van der Waals surface area contributed by atoms with Gasteiger partial charge in [0.2, 0.25) is 0 Å². The number of aldehydes is 1. The van der Waals surface area contributed by atoms with Gasteiger partial charge in [0.05, 0.1) is 0 Å². The summed E-state index contributed by atoms with van der Waals surface area (Å²) in [6.07, 6.45) is 0.197. The first-order valence-electron chi connectivity index (χ1n) is 3.13. The van der Waals surface area contributed by atoms with Crippen LogP contribution in [0.4, 0.5) is 0 Å². The Balaban J connectivity index is 4.72. The molecular formula is C7H6O6. The number of hydrogen-bond donors (Lipinski definition) is 2. The molecule has 0 aliphatic rings. The molecule has 0 atom stereocenters. The summed E-state index contributed by atoms with van der Waals surface area (Å²) in [7, 11) is 0. The minimum Gasteiger partial charge on any atom is -0.478 e. The van der Waals surface area contributed by atoms with Crippen LogP contribution in [0.3, 0.4) is 0 Å². The maximum Gasteiger partial charge on any atom is 0.376 e. The smallest absolute Gasteiger partial charge is 0.376 e. The molecule has 0 heterocycles. The molecule has 2 N–H and O–H groups in total. The van der Waals surface area contributed by atoms with Gasteiger partial charge in [-0.15, -0.1) is 0 Å². The summed E-state index contributed by atoms with van der Waals surface area (Å²) in [5.41, 5.74) is -0.539. The quantitative estimate of drug-likeness (QED) is 0.332. The van der Waals surface area contributed by atoms with Crippen LogP contribution in [-0.2, 0) is 19.2 Å². The van der Waals surface area contributed by atoms with Crippen molar-refractivity contribution in [1.29, 1.82) is 0 Å². The first-order valence-corrected chi connectivity index (χ1v) is 3.13. The molecule has 0 unspecified atom stereocenters. The van der Waals surface area contributed by atoms with Crippen LogP contribution in [0, 0.1) is 0 Å². The number of aliphatic carboxylic acids is 2. The summed E-state index contributed by atoms with van der Waals surface area (Å²) in [6, 6.07) is 0. The van der Waals surface area contributed by atoms with Crippen molar-refractivity contribution in [2.75, 3.05) is 0 Å². The van der Waals surface area contributed by atoms with Gasteiger partial charge in [0.25, 0.3) is 5.78 Å². The first kappa shape index (κ1) is 11.0. The molecule has 70 valence electrons. The molecule has 0 aromatic heterocycles. The third-order valence-electron chi connectivity index (χ3n) is 1.09. The number of carbonyl (C=O) groups excluding carboxylic acids is 2. The molecule has 13 heavy (non-hydrogen) atoms. The van der Waals surface area contributed by atoms with Gasteiger partial charge in [-0.2, -0.15) is 0 Å². The Bertz CT molecular complexity index is 287. The highest BCUT2D eigenvalue weighted by molar-refractivity contribution is 6.38. The van der Waals surface area contributed by atoms with Crippen LogP contribution in [0.2, 0.25) is 0 Å². The lowest BCUT2D eigenvalue weighted by molar-refractivity contribution is -0.146. The van der Waals surface area contributed by atoms with Gasteiger partial charge in [0.15, 0.2) is 0 Å². The lowest BCUT2D eigenvalue weighted by Crippen LogP contribution is -2.12. The van der Waals surface area contributed by atoms with E-state index in [0.29, 0.717) is 6.08 Å². The van der Waals surface area contributed by atoms with E-state index in [2.05, 4.69) is 0 Å². The van der Waals surface area contributed by atoms with Crippen LogP contribution < -0.4 is 0 Å². The van der Waals surface area contributed by atoms with Gasteiger partial charge in [-0.25, -0.2) is 9.59 Å². The molecule has 0 radical (unpaired) electrons. The summed E-state index contributed by atoms with van der Waals surface area (Å²) < 4.78 is 0. The minimum atomic E-state index is -1.76. The zero-order chi connectivity index (χ0) is 10.4. The van der Waals surface area contributed by atoms with Crippen molar-refractivity contribution in [3.63, 3.8) is 0 Å². The van der Waals surface area contributed by atoms with Gasteiger partial charge >= 0.3 is 11.9 Å². The standard InChI is InChI=1S/C7H6O6/c8-2-1-4(6(10)11)3-5(9)7(12)13/h2-3H,1H2,(H,10,11)(H,12,13)/b4-3+. The number of carboxylic acid groups (broad SMARTS) is 2. The second-order valence-electron chi connectivity index (χ2n) is 2.01. The van der Waals surface area contributed by atoms with Crippen molar-refractivity contribution in [3.05, 3.63) is 11.6 Å². The molecule has 0 saturated heterocycles. The molecule has 0 aliphatic heterocycles. The van der Waals surface area contributed by atoms with E-state index < -0.39 is 29.7 Å². The Morgan fingerprint density at radius 3 is 1.92 bits per heavy atom. The monoisotopic (exact) mass is 186 g/mol. The molecule has 0 rings (SSSR count). The Labute approximate surface area is 72.5 Å². The predicted octanol–water partition coefficient (Wildman–Crippen LogP) is -0.760. The maximum absolute atomic E-state index is 10.5. The molecular weight excluding hydrogens is 180 g/mol. The number of carboxylic acids is 2. The Morgan fingerprint density at radius 2 is 1.62 bits per heavy atom. The SMILES string of the molecule is O=CC/C(=C\C(=O)C(=O)O)C(=O)O. The summed E-state index contributed by atoms with van der Waals surface area (Å²) in [6.45, 7) is 0. The molecule has 0 aromatic carbocycles. The Morgan fingerprint density at radius 1 is 1.08 bits per heavy atom. The fourth-order valence-corrected chi connectivity index (χ4v) is 0.518. The second kappa shape index (κ2) is 4.81. The van der Waals surface area contributed by atoms with E-state index in [1.807, 2.05) is 0 Å². The van der Waals surface area contributed by atoms with E-state index in [-0.39, 0.29) is 6.29 Å². The lowest BCUT2D eigenvalue weighted by atomic mass is 10.1. The lowest BCUT2D eigenvalue weighted by Gasteiger charge is -1.93. The van der Waals surface area contributed by atoms with Crippen molar-refractivity contribution in [2.45, 2.75) is 6.42 Å². The molecule has 6 heteroatoms. The van der Waals surface area contributed by atoms with Gasteiger partial charge < -0.3 is 15.0 Å². The number of ketones is 1. The number of carbonyl (C=O) groups is 4. The molecule has 0 amide bonds. The fourth-order valence-electron chi connectivity index (χ4n) is 0.518. The normalized spacial score (nSPS) is 10.6. The highest BCUT2D eigenvalue weighted by Gasteiger charge is 2.13. The topological polar surface area (TPSA) is 109 Å². The summed E-state index contributed by atoms with van der Waals surface area (Å²) in [5.74, 6) is -4.61. The van der Waals surface area contributed by atoms with Crippen molar-refractivity contribution < 1.29 is 29.4 Å². The van der Waals surface area contributed by atoms with Crippen LogP contribution in [-0.4, -0.2) is 34.2 Å². The first-order chi connectivity index (χ1) is 5.99. The van der Waals surface area contributed by atoms with Crippen molar-refractivity contribution in [3.8, 4) is 0 Å². The number of rotatable bonds is 5. The second-order valence-corrected chi connectivity index (χ2v) is 2.01. The van der Waals surface area contributed by atoms with Gasteiger partial charge in [0, 0.05) is 18.1 Å². The van der Waals surface area contributed by atoms with Crippen molar-refractivity contribution >= 4 is 24.0 Å². The molecule has 0 fully saturated rings. The van der Waals surface area contributed by atoms with E-state index >= 15 is 0 Å².